The van der Waals surface area contributed by atoms with Gasteiger partial charge in [-0.25, -0.2) is 24.3 Å². The third-order valence-corrected chi connectivity index (χ3v) is 5.79. The lowest BCUT2D eigenvalue weighted by Crippen LogP contribution is -2.11. The Balaban J connectivity index is 1.48. The molecule has 6 heterocycles. The lowest BCUT2D eigenvalue weighted by molar-refractivity contribution is 0.642. The number of H-pyrrole nitrogens is 2. The zero-order chi connectivity index (χ0) is 23.9. The average molecular weight is 469 g/mol. The fraction of sp³-hybridized carbons (Fsp3) is 0.167. The Morgan fingerprint density at radius 3 is 2.86 bits per heavy atom. The molecule has 10 nitrogen and oxygen atoms in total. The van der Waals surface area contributed by atoms with Crippen molar-refractivity contribution in [3.63, 3.8) is 0 Å². The second-order valence-corrected chi connectivity index (χ2v) is 8.18. The minimum absolute atomic E-state index is 0.249. The standard InChI is InChI=1S/C24H21FN10/c1-3-26-7-14-6-15(9-27-8-14)16-10-29-22-18(19(16)25)21(33-34-22)24-31-20-17(4-5-28-23(20)32-24)35-11-13(2)30-12-35/h4-6,8-12,26H,3,7H2,1-2H3,(H,28,31,32)(H,29,33,34). The van der Waals surface area contributed by atoms with E-state index >= 15 is 4.39 Å². The van der Waals surface area contributed by atoms with E-state index in [1.807, 2.05) is 36.7 Å². The smallest absolute Gasteiger partial charge is 0.161 e. The van der Waals surface area contributed by atoms with Gasteiger partial charge in [-0.2, -0.15) is 5.10 Å². The molecule has 0 unspecified atom stereocenters. The minimum Gasteiger partial charge on any atom is -0.321 e. The largest absolute Gasteiger partial charge is 0.321 e. The Kier molecular flexibility index (Phi) is 5.03. The quantitative estimate of drug-likeness (QED) is 0.340. The van der Waals surface area contributed by atoms with Gasteiger partial charge in [0.1, 0.15) is 17.0 Å². The molecule has 0 bridgehead atoms. The van der Waals surface area contributed by atoms with Gasteiger partial charge in [0.15, 0.2) is 17.1 Å². The summed E-state index contributed by atoms with van der Waals surface area (Å²) in [6.45, 7) is 5.43. The van der Waals surface area contributed by atoms with Crippen LogP contribution in [0.25, 0.3) is 50.5 Å². The molecule has 0 aliphatic heterocycles. The van der Waals surface area contributed by atoms with Crippen LogP contribution in [0.15, 0.2) is 49.4 Å². The van der Waals surface area contributed by atoms with Gasteiger partial charge < -0.3 is 14.9 Å². The zero-order valence-corrected chi connectivity index (χ0v) is 19.0. The Morgan fingerprint density at radius 1 is 1.11 bits per heavy atom. The van der Waals surface area contributed by atoms with Gasteiger partial charge in [-0.15, -0.1) is 0 Å². The van der Waals surface area contributed by atoms with Gasteiger partial charge in [-0.05, 0) is 31.2 Å². The number of hydrogen-bond acceptors (Lipinski definition) is 7. The van der Waals surface area contributed by atoms with E-state index in [1.54, 1.807) is 24.9 Å². The number of hydrogen-bond donors (Lipinski definition) is 3. The van der Waals surface area contributed by atoms with Crippen LogP contribution in [0.1, 0.15) is 18.2 Å². The van der Waals surface area contributed by atoms with Crippen molar-refractivity contribution in [1.29, 1.82) is 0 Å². The number of aromatic amines is 2. The maximum absolute atomic E-state index is 15.9. The molecule has 6 aromatic heterocycles. The van der Waals surface area contributed by atoms with Crippen LogP contribution in [0.5, 0.6) is 0 Å². The fourth-order valence-electron chi connectivity index (χ4n) is 4.10. The number of rotatable bonds is 6. The monoisotopic (exact) mass is 468 g/mol. The SMILES string of the molecule is CCNCc1cncc(-c2cnc3[nH]nc(-c4nc5c(-n6cnc(C)c6)ccnc5[nH]4)c3c2F)c1. The van der Waals surface area contributed by atoms with Crippen LogP contribution in [-0.4, -0.2) is 51.2 Å². The molecule has 0 spiro atoms. The van der Waals surface area contributed by atoms with Crippen LogP contribution in [0.4, 0.5) is 4.39 Å². The highest BCUT2D eigenvalue weighted by molar-refractivity contribution is 5.94. The van der Waals surface area contributed by atoms with Crippen molar-refractivity contribution >= 4 is 22.2 Å². The second kappa shape index (κ2) is 8.37. The van der Waals surface area contributed by atoms with Crippen LogP contribution < -0.4 is 5.32 Å². The molecule has 0 aromatic carbocycles. The molecule has 3 N–H and O–H groups in total. The first-order chi connectivity index (χ1) is 17.1. The van der Waals surface area contributed by atoms with E-state index in [2.05, 4.69) is 40.4 Å². The van der Waals surface area contributed by atoms with Crippen molar-refractivity contribution < 1.29 is 4.39 Å². The van der Waals surface area contributed by atoms with Gasteiger partial charge in [-0.3, -0.25) is 10.1 Å². The van der Waals surface area contributed by atoms with Gasteiger partial charge in [-0.1, -0.05) is 6.92 Å². The highest BCUT2D eigenvalue weighted by Crippen LogP contribution is 2.33. The molecule has 0 amide bonds. The first-order valence-corrected chi connectivity index (χ1v) is 11.2. The van der Waals surface area contributed by atoms with E-state index in [0.29, 0.717) is 46.0 Å². The van der Waals surface area contributed by atoms with E-state index in [9.17, 15) is 0 Å². The number of aromatic nitrogens is 9. The number of nitrogens with zero attached hydrogens (tertiary/aromatic N) is 7. The third kappa shape index (κ3) is 3.62. The van der Waals surface area contributed by atoms with Crippen molar-refractivity contribution in [3.05, 3.63) is 66.5 Å². The normalized spacial score (nSPS) is 11.6. The fourth-order valence-corrected chi connectivity index (χ4v) is 4.10. The molecule has 0 radical (unpaired) electrons. The molecule has 35 heavy (non-hydrogen) atoms. The number of aryl methyl sites for hydroxylation is 1. The highest BCUT2D eigenvalue weighted by Gasteiger charge is 2.21. The van der Waals surface area contributed by atoms with Crippen molar-refractivity contribution in [2.24, 2.45) is 0 Å². The molecule has 0 aliphatic carbocycles. The summed E-state index contributed by atoms with van der Waals surface area (Å²) in [7, 11) is 0. The first-order valence-electron chi connectivity index (χ1n) is 11.2. The summed E-state index contributed by atoms with van der Waals surface area (Å²) < 4.78 is 17.8. The van der Waals surface area contributed by atoms with Crippen LogP contribution in [0.3, 0.4) is 0 Å². The van der Waals surface area contributed by atoms with Crippen molar-refractivity contribution in [3.8, 4) is 28.3 Å². The van der Waals surface area contributed by atoms with Crippen LogP contribution in [0, 0.1) is 12.7 Å². The summed E-state index contributed by atoms with van der Waals surface area (Å²) in [5, 5.41) is 10.6. The Morgan fingerprint density at radius 2 is 2.03 bits per heavy atom. The summed E-state index contributed by atoms with van der Waals surface area (Å²) in [4.78, 5) is 25.3. The summed E-state index contributed by atoms with van der Waals surface area (Å²) in [5.41, 5.74) is 5.48. The molecule has 174 valence electrons. The Labute approximate surface area is 198 Å². The Hall–Kier alpha value is -4.51. The van der Waals surface area contributed by atoms with Gasteiger partial charge >= 0.3 is 0 Å². The molecule has 0 saturated carbocycles. The number of halogens is 1. The maximum Gasteiger partial charge on any atom is 0.161 e. The average Bonchev–Trinajstić information content (AvgIpc) is 3.60. The van der Waals surface area contributed by atoms with Crippen molar-refractivity contribution in [1.82, 2.24) is 50.0 Å². The summed E-state index contributed by atoms with van der Waals surface area (Å²) >= 11 is 0. The van der Waals surface area contributed by atoms with E-state index in [4.69, 9.17) is 4.98 Å². The van der Waals surface area contributed by atoms with Gasteiger partial charge in [0, 0.05) is 48.7 Å². The molecular weight excluding hydrogens is 447 g/mol. The Bertz CT molecular complexity index is 1680. The first kappa shape index (κ1) is 21.1. The van der Waals surface area contributed by atoms with Gasteiger partial charge in [0.2, 0.25) is 0 Å². The number of nitrogens with one attached hydrogen (secondary N) is 3. The summed E-state index contributed by atoms with van der Waals surface area (Å²) in [6, 6.07) is 3.76. The van der Waals surface area contributed by atoms with E-state index in [0.717, 1.165) is 23.5 Å². The molecule has 0 aliphatic rings. The number of imidazole rings is 2. The predicted molar refractivity (Wildman–Crippen MR) is 129 cm³/mol. The molecular formula is C24H21FN10. The lowest BCUT2D eigenvalue weighted by atomic mass is 10.1. The highest BCUT2D eigenvalue weighted by atomic mass is 19.1. The molecule has 6 aromatic rings. The molecule has 11 heteroatoms. The molecule has 6 rings (SSSR count). The van der Waals surface area contributed by atoms with E-state index in [1.165, 1.54) is 6.20 Å². The van der Waals surface area contributed by atoms with Crippen LogP contribution in [0.2, 0.25) is 0 Å². The molecule has 0 saturated heterocycles. The number of pyridine rings is 3. The predicted octanol–water partition coefficient (Wildman–Crippen LogP) is 3.70. The van der Waals surface area contributed by atoms with Gasteiger partial charge in [0.25, 0.3) is 0 Å². The van der Waals surface area contributed by atoms with Crippen LogP contribution in [-0.2, 0) is 6.54 Å². The molecule has 0 fully saturated rings. The van der Waals surface area contributed by atoms with Crippen molar-refractivity contribution in [2.75, 3.05) is 6.54 Å². The summed E-state index contributed by atoms with van der Waals surface area (Å²) in [6.07, 6.45) is 10.2. The minimum atomic E-state index is -0.444. The second-order valence-electron chi connectivity index (χ2n) is 8.18. The van der Waals surface area contributed by atoms with Gasteiger partial charge in [0.05, 0.1) is 23.1 Å². The summed E-state index contributed by atoms with van der Waals surface area (Å²) in [5.74, 6) is -0.0556. The van der Waals surface area contributed by atoms with Crippen LogP contribution >= 0.6 is 0 Å². The van der Waals surface area contributed by atoms with Crippen molar-refractivity contribution in [2.45, 2.75) is 20.4 Å². The van der Waals surface area contributed by atoms with E-state index in [-0.39, 0.29) is 5.39 Å². The maximum atomic E-state index is 15.9. The topological polar surface area (TPSA) is 126 Å². The number of fused-ring (bicyclic) bond motifs is 2. The zero-order valence-electron chi connectivity index (χ0n) is 19.0. The lowest BCUT2D eigenvalue weighted by Gasteiger charge is -2.07. The van der Waals surface area contributed by atoms with E-state index < -0.39 is 5.82 Å². The third-order valence-electron chi connectivity index (χ3n) is 5.79. The molecule has 0 atom stereocenters.